The Morgan fingerprint density at radius 3 is 2.57 bits per heavy atom. The number of hydrogen-bond acceptors (Lipinski definition) is 5. The molecule has 148 valence electrons. The molecule has 1 N–H and O–H groups in total. The molecule has 7 heteroatoms. The van der Waals surface area contributed by atoms with Gasteiger partial charge in [0.2, 0.25) is 5.95 Å². The van der Waals surface area contributed by atoms with E-state index in [0.717, 1.165) is 45.4 Å². The van der Waals surface area contributed by atoms with E-state index in [0.29, 0.717) is 17.6 Å². The maximum absolute atomic E-state index is 12.5. The molecule has 28 heavy (non-hydrogen) atoms. The Balaban J connectivity index is 1.26. The summed E-state index contributed by atoms with van der Waals surface area (Å²) in [6, 6.07) is 8.65. The van der Waals surface area contributed by atoms with Crippen molar-refractivity contribution in [2.75, 3.05) is 55.4 Å². The van der Waals surface area contributed by atoms with Gasteiger partial charge >= 0.3 is 6.03 Å². The summed E-state index contributed by atoms with van der Waals surface area (Å²) < 4.78 is 0. The van der Waals surface area contributed by atoms with Crippen molar-refractivity contribution in [1.29, 1.82) is 0 Å². The van der Waals surface area contributed by atoms with Gasteiger partial charge in [-0.3, -0.25) is 0 Å². The number of carbonyl (C=O) groups is 1. The van der Waals surface area contributed by atoms with Crippen molar-refractivity contribution in [2.24, 2.45) is 5.92 Å². The first-order chi connectivity index (χ1) is 13.6. The molecule has 2 aromatic rings. The van der Waals surface area contributed by atoms with Gasteiger partial charge in [0.25, 0.3) is 0 Å². The quantitative estimate of drug-likeness (QED) is 0.884. The second-order valence-electron chi connectivity index (χ2n) is 7.85. The Hall–Kier alpha value is -2.83. The van der Waals surface area contributed by atoms with E-state index in [4.69, 9.17) is 0 Å². The van der Waals surface area contributed by atoms with Crippen LogP contribution in [0.15, 0.2) is 36.7 Å². The monoisotopic (exact) mass is 380 g/mol. The molecule has 0 atom stereocenters. The third-order valence-electron chi connectivity index (χ3n) is 5.65. The predicted molar refractivity (Wildman–Crippen MR) is 112 cm³/mol. The van der Waals surface area contributed by atoms with E-state index in [2.05, 4.69) is 44.5 Å². The summed E-state index contributed by atoms with van der Waals surface area (Å²) in [4.78, 5) is 27.3. The lowest BCUT2D eigenvalue weighted by molar-refractivity contribution is 0.183. The highest BCUT2D eigenvalue weighted by molar-refractivity contribution is 5.89. The number of nitrogens with zero attached hydrogens (tertiary/aromatic N) is 5. The van der Waals surface area contributed by atoms with E-state index < -0.39 is 0 Å². The largest absolute Gasteiger partial charge is 0.371 e. The molecule has 0 bridgehead atoms. The van der Waals surface area contributed by atoms with Crippen molar-refractivity contribution >= 4 is 23.4 Å². The minimum atomic E-state index is -0.0637. The molecule has 2 amide bonds. The van der Waals surface area contributed by atoms with Crippen molar-refractivity contribution in [3.63, 3.8) is 0 Å². The van der Waals surface area contributed by atoms with Gasteiger partial charge in [0, 0.05) is 46.0 Å². The van der Waals surface area contributed by atoms with Crippen molar-refractivity contribution in [1.82, 2.24) is 14.9 Å². The summed E-state index contributed by atoms with van der Waals surface area (Å²) in [5, 5.41) is 2.91. The zero-order valence-corrected chi connectivity index (χ0v) is 16.6. The van der Waals surface area contributed by atoms with E-state index >= 15 is 0 Å². The number of anilines is 3. The van der Waals surface area contributed by atoms with Crippen LogP contribution in [0.5, 0.6) is 0 Å². The summed E-state index contributed by atoms with van der Waals surface area (Å²) >= 11 is 0. The van der Waals surface area contributed by atoms with Gasteiger partial charge in [-0.25, -0.2) is 14.8 Å². The molecule has 1 aromatic carbocycles. The van der Waals surface area contributed by atoms with Gasteiger partial charge in [0.15, 0.2) is 0 Å². The molecule has 1 fully saturated rings. The molecule has 1 saturated heterocycles. The fourth-order valence-electron chi connectivity index (χ4n) is 4.05. The molecule has 2 aliphatic rings. The molecule has 1 aromatic heterocycles. The number of likely N-dealkylation sites (tertiary alicyclic amines) is 1. The number of para-hydroxylation sites is 1. The van der Waals surface area contributed by atoms with Crippen LogP contribution >= 0.6 is 0 Å². The summed E-state index contributed by atoms with van der Waals surface area (Å²) in [6.07, 6.45) is 6.53. The van der Waals surface area contributed by atoms with Crippen LogP contribution in [0.1, 0.15) is 18.4 Å². The van der Waals surface area contributed by atoms with E-state index in [1.165, 1.54) is 11.3 Å². The normalized spacial score (nSPS) is 16.8. The number of nitrogens with one attached hydrogen (secondary N) is 1. The third-order valence-corrected chi connectivity index (χ3v) is 5.65. The van der Waals surface area contributed by atoms with Gasteiger partial charge in [-0.2, -0.15) is 0 Å². The molecule has 0 radical (unpaired) electrons. The molecule has 3 heterocycles. The number of rotatable bonds is 4. The van der Waals surface area contributed by atoms with Crippen LogP contribution in [0, 0.1) is 5.92 Å². The van der Waals surface area contributed by atoms with E-state index in [9.17, 15) is 4.79 Å². The highest BCUT2D eigenvalue weighted by Gasteiger charge is 2.26. The number of urea groups is 1. The van der Waals surface area contributed by atoms with Crippen LogP contribution in [-0.4, -0.2) is 61.2 Å². The minimum Gasteiger partial charge on any atom is -0.371 e. The summed E-state index contributed by atoms with van der Waals surface area (Å²) in [6.45, 7) is 3.79. The van der Waals surface area contributed by atoms with Gasteiger partial charge < -0.3 is 20.0 Å². The van der Waals surface area contributed by atoms with Crippen LogP contribution in [0.4, 0.5) is 22.1 Å². The van der Waals surface area contributed by atoms with Crippen molar-refractivity contribution in [2.45, 2.75) is 19.3 Å². The SMILES string of the molecule is CN(C)c1ncc(NC(=O)N2CCC(CN3CCc4ccccc43)CC2)cn1. The maximum Gasteiger partial charge on any atom is 0.321 e. The average Bonchev–Trinajstić information content (AvgIpc) is 3.12. The van der Waals surface area contributed by atoms with E-state index in [1.54, 1.807) is 12.4 Å². The van der Waals surface area contributed by atoms with E-state index in [1.807, 2.05) is 23.9 Å². The van der Waals surface area contributed by atoms with Crippen molar-refractivity contribution < 1.29 is 4.79 Å². The Bertz CT molecular complexity index is 814. The number of piperidine rings is 1. The lowest BCUT2D eigenvalue weighted by atomic mass is 9.96. The van der Waals surface area contributed by atoms with E-state index in [-0.39, 0.29) is 6.03 Å². The molecule has 4 rings (SSSR count). The smallest absolute Gasteiger partial charge is 0.321 e. The standard InChI is InChI=1S/C21H28N6O/c1-25(2)20-22-13-18(14-23-20)24-21(28)26-10-7-16(8-11-26)15-27-12-9-17-5-3-4-6-19(17)27/h3-6,13-14,16H,7-12,15H2,1-2H3,(H,24,28). The highest BCUT2D eigenvalue weighted by atomic mass is 16.2. The number of aromatic nitrogens is 2. The summed E-state index contributed by atoms with van der Waals surface area (Å²) in [5.41, 5.74) is 3.48. The predicted octanol–water partition coefficient (Wildman–Crippen LogP) is 2.85. The van der Waals surface area contributed by atoms with Crippen molar-refractivity contribution in [3.05, 3.63) is 42.2 Å². The van der Waals surface area contributed by atoms with Crippen LogP contribution < -0.4 is 15.1 Å². The number of amides is 2. The number of benzene rings is 1. The fraction of sp³-hybridized carbons (Fsp3) is 0.476. The Kier molecular flexibility index (Phi) is 5.32. The van der Waals surface area contributed by atoms with Crippen molar-refractivity contribution in [3.8, 4) is 0 Å². The zero-order valence-electron chi connectivity index (χ0n) is 16.6. The number of hydrogen-bond donors (Lipinski definition) is 1. The molecular weight excluding hydrogens is 352 g/mol. The fourth-order valence-corrected chi connectivity index (χ4v) is 4.05. The number of carbonyl (C=O) groups excluding carboxylic acids is 1. The topological polar surface area (TPSA) is 64.6 Å². The van der Waals surface area contributed by atoms with Crippen LogP contribution in [-0.2, 0) is 6.42 Å². The molecule has 7 nitrogen and oxygen atoms in total. The molecule has 2 aliphatic heterocycles. The maximum atomic E-state index is 12.5. The van der Waals surface area contributed by atoms with Gasteiger partial charge in [0.05, 0.1) is 18.1 Å². The Morgan fingerprint density at radius 2 is 1.86 bits per heavy atom. The van der Waals surface area contributed by atoms with Crippen LogP contribution in [0.3, 0.4) is 0 Å². The van der Waals surface area contributed by atoms with Gasteiger partial charge in [-0.05, 0) is 36.8 Å². The van der Waals surface area contributed by atoms with Gasteiger partial charge in [-0.15, -0.1) is 0 Å². The average molecular weight is 380 g/mol. The lowest BCUT2D eigenvalue weighted by Gasteiger charge is -2.34. The van der Waals surface area contributed by atoms with Crippen LogP contribution in [0.2, 0.25) is 0 Å². The summed E-state index contributed by atoms with van der Waals surface area (Å²) in [7, 11) is 3.77. The minimum absolute atomic E-state index is 0.0637. The second kappa shape index (κ2) is 8.04. The van der Waals surface area contributed by atoms with Gasteiger partial charge in [-0.1, -0.05) is 18.2 Å². The lowest BCUT2D eigenvalue weighted by Crippen LogP contribution is -2.43. The van der Waals surface area contributed by atoms with Crippen LogP contribution in [0.25, 0.3) is 0 Å². The summed E-state index contributed by atoms with van der Waals surface area (Å²) in [5.74, 6) is 1.26. The molecule has 0 aliphatic carbocycles. The Labute approximate surface area is 166 Å². The molecule has 0 unspecified atom stereocenters. The number of fused-ring (bicyclic) bond motifs is 1. The van der Waals surface area contributed by atoms with Gasteiger partial charge in [0.1, 0.15) is 0 Å². The zero-order chi connectivity index (χ0) is 19.5. The second-order valence-corrected chi connectivity index (χ2v) is 7.85. The molecule has 0 saturated carbocycles. The molecular formula is C21H28N6O. The first-order valence-corrected chi connectivity index (χ1v) is 9.98. The first kappa shape index (κ1) is 18.5. The molecule has 0 spiro atoms. The highest BCUT2D eigenvalue weighted by Crippen LogP contribution is 2.30. The Morgan fingerprint density at radius 1 is 1.14 bits per heavy atom. The third kappa shape index (κ3) is 4.03. The first-order valence-electron chi connectivity index (χ1n) is 9.98.